The van der Waals surface area contributed by atoms with Gasteiger partial charge in [-0.25, -0.2) is 14.6 Å². The highest BCUT2D eigenvalue weighted by Crippen LogP contribution is 2.33. The minimum atomic E-state index is -0.242. The van der Waals surface area contributed by atoms with Crippen molar-refractivity contribution in [2.75, 3.05) is 5.73 Å². The minimum absolute atomic E-state index is 0.182. The maximum absolute atomic E-state index is 9.69. The molecular weight excluding hydrogens is 266 g/mol. The van der Waals surface area contributed by atoms with Gasteiger partial charge in [0.15, 0.2) is 5.65 Å². The largest absolute Gasteiger partial charge is 0.508 e. The van der Waals surface area contributed by atoms with Crippen molar-refractivity contribution in [3.63, 3.8) is 0 Å². The van der Waals surface area contributed by atoms with E-state index in [0.29, 0.717) is 22.5 Å². The summed E-state index contributed by atoms with van der Waals surface area (Å²) in [5.74, 6) is 0.565. The van der Waals surface area contributed by atoms with Crippen LogP contribution in [0.25, 0.3) is 22.3 Å². The number of phenolic OH excluding ortho intramolecular Hbond substituents is 1. The smallest absolute Gasteiger partial charge is 0.164 e. The fourth-order valence-corrected chi connectivity index (χ4v) is 2.30. The number of fused-ring (bicyclic) bond motifs is 1. The highest BCUT2D eigenvalue weighted by Gasteiger charge is 2.23. The van der Waals surface area contributed by atoms with Gasteiger partial charge in [-0.1, -0.05) is 12.1 Å². The van der Waals surface area contributed by atoms with Gasteiger partial charge in [0.2, 0.25) is 0 Å². The maximum atomic E-state index is 9.69. The molecule has 0 aliphatic rings. The zero-order valence-corrected chi connectivity index (χ0v) is 12.2. The monoisotopic (exact) mass is 283 g/mol. The number of nitrogens with zero attached hydrogens (tertiary/aromatic N) is 4. The molecule has 3 aromatic rings. The quantitative estimate of drug-likeness (QED) is 0.716. The van der Waals surface area contributed by atoms with Crippen molar-refractivity contribution in [1.82, 2.24) is 19.7 Å². The first-order chi connectivity index (χ1) is 9.88. The first kappa shape index (κ1) is 13.4. The van der Waals surface area contributed by atoms with Crippen molar-refractivity contribution in [2.24, 2.45) is 0 Å². The van der Waals surface area contributed by atoms with Crippen molar-refractivity contribution in [3.8, 4) is 17.0 Å². The first-order valence-corrected chi connectivity index (χ1v) is 6.67. The number of hydrogen-bond acceptors (Lipinski definition) is 5. The Morgan fingerprint density at radius 3 is 2.62 bits per heavy atom. The molecule has 0 aliphatic heterocycles. The summed E-state index contributed by atoms with van der Waals surface area (Å²) in [6.45, 7) is 6.14. The third-order valence-corrected chi connectivity index (χ3v) is 3.25. The number of aromatic hydroxyl groups is 1. The number of nitrogen functional groups attached to an aromatic ring is 1. The second-order valence-corrected chi connectivity index (χ2v) is 5.94. The number of nitrogens with two attached hydrogens (primary N) is 1. The van der Waals surface area contributed by atoms with Gasteiger partial charge in [-0.3, -0.25) is 0 Å². The highest BCUT2D eigenvalue weighted by molar-refractivity contribution is 5.98. The molecule has 6 nitrogen and oxygen atoms in total. The lowest BCUT2D eigenvalue weighted by Crippen LogP contribution is -2.23. The van der Waals surface area contributed by atoms with E-state index < -0.39 is 0 Å². The fourth-order valence-electron chi connectivity index (χ4n) is 2.30. The first-order valence-electron chi connectivity index (χ1n) is 6.67. The van der Waals surface area contributed by atoms with E-state index in [1.807, 2.05) is 31.5 Å². The Kier molecular flexibility index (Phi) is 2.83. The van der Waals surface area contributed by atoms with Crippen LogP contribution in [0.4, 0.5) is 5.82 Å². The Labute approximate surface area is 122 Å². The number of aromatic nitrogens is 4. The molecule has 0 aliphatic carbocycles. The van der Waals surface area contributed by atoms with Gasteiger partial charge in [-0.15, -0.1) is 0 Å². The van der Waals surface area contributed by atoms with Gasteiger partial charge >= 0.3 is 0 Å². The molecule has 108 valence electrons. The Balaban J connectivity index is 2.38. The van der Waals surface area contributed by atoms with Crippen LogP contribution in [-0.2, 0) is 5.54 Å². The van der Waals surface area contributed by atoms with Crippen molar-refractivity contribution in [1.29, 1.82) is 0 Å². The summed E-state index contributed by atoms with van der Waals surface area (Å²) >= 11 is 0. The standard InChI is InChI=1S/C15H17N5O/c1-15(2,3)20-14-11(13(16)17-8-18-14)12(19-20)9-5-4-6-10(21)7-9/h4-8,21H,1-3H3,(H2,16,17,18). The summed E-state index contributed by atoms with van der Waals surface area (Å²) in [5, 5.41) is 15.0. The minimum Gasteiger partial charge on any atom is -0.508 e. The topological polar surface area (TPSA) is 89.8 Å². The summed E-state index contributed by atoms with van der Waals surface area (Å²) in [4.78, 5) is 8.39. The molecule has 1 aromatic carbocycles. The molecule has 0 bridgehead atoms. The zero-order chi connectivity index (χ0) is 15.2. The van der Waals surface area contributed by atoms with E-state index in [4.69, 9.17) is 5.73 Å². The molecule has 0 unspecified atom stereocenters. The molecule has 0 saturated heterocycles. The van der Waals surface area contributed by atoms with E-state index in [0.717, 1.165) is 5.56 Å². The predicted molar refractivity (Wildman–Crippen MR) is 81.8 cm³/mol. The van der Waals surface area contributed by atoms with Crippen LogP contribution in [0, 0.1) is 0 Å². The molecule has 3 rings (SSSR count). The Bertz CT molecular complexity index is 817. The predicted octanol–water partition coefficient (Wildman–Crippen LogP) is 2.54. The average Bonchev–Trinajstić information content (AvgIpc) is 2.79. The van der Waals surface area contributed by atoms with Crippen LogP contribution >= 0.6 is 0 Å². The van der Waals surface area contributed by atoms with Gasteiger partial charge in [0, 0.05) is 5.56 Å². The van der Waals surface area contributed by atoms with Gasteiger partial charge < -0.3 is 10.8 Å². The van der Waals surface area contributed by atoms with Crippen LogP contribution in [0.5, 0.6) is 5.75 Å². The molecule has 0 amide bonds. The van der Waals surface area contributed by atoms with E-state index in [2.05, 4.69) is 15.1 Å². The third-order valence-electron chi connectivity index (χ3n) is 3.25. The van der Waals surface area contributed by atoms with Crippen molar-refractivity contribution in [3.05, 3.63) is 30.6 Å². The van der Waals surface area contributed by atoms with Crippen LogP contribution in [0.15, 0.2) is 30.6 Å². The van der Waals surface area contributed by atoms with Gasteiger partial charge in [-0.2, -0.15) is 5.10 Å². The third kappa shape index (κ3) is 2.18. The van der Waals surface area contributed by atoms with E-state index in [-0.39, 0.29) is 11.3 Å². The van der Waals surface area contributed by atoms with Crippen molar-refractivity contribution < 1.29 is 5.11 Å². The van der Waals surface area contributed by atoms with Crippen LogP contribution in [-0.4, -0.2) is 24.9 Å². The number of anilines is 1. The lowest BCUT2D eigenvalue weighted by molar-refractivity contribution is 0.367. The zero-order valence-electron chi connectivity index (χ0n) is 12.2. The van der Waals surface area contributed by atoms with Crippen molar-refractivity contribution in [2.45, 2.75) is 26.3 Å². The summed E-state index contributed by atoms with van der Waals surface area (Å²) in [6, 6.07) is 6.92. The van der Waals surface area contributed by atoms with Crippen LogP contribution < -0.4 is 5.73 Å². The molecule has 0 spiro atoms. The molecule has 6 heteroatoms. The molecule has 2 heterocycles. The van der Waals surface area contributed by atoms with Crippen LogP contribution in [0.1, 0.15) is 20.8 Å². The number of hydrogen-bond donors (Lipinski definition) is 2. The summed E-state index contributed by atoms with van der Waals surface area (Å²) in [5.41, 5.74) is 7.93. The molecule has 0 radical (unpaired) electrons. The Morgan fingerprint density at radius 2 is 1.95 bits per heavy atom. The lowest BCUT2D eigenvalue weighted by atomic mass is 10.1. The van der Waals surface area contributed by atoms with Gasteiger partial charge in [0.05, 0.1) is 10.9 Å². The van der Waals surface area contributed by atoms with E-state index in [9.17, 15) is 5.11 Å². The molecule has 2 aromatic heterocycles. The second kappa shape index (κ2) is 4.44. The van der Waals surface area contributed by atoms with E-state index in [1.165, 1.54) is 6.33 Å². The van der Waals surface area contributed by atoms with Gasteiger partial charge in [0.25, 0.3) is 0 Å². The maximum Gasteiger partial charge on any atom is 0.164 e. The van der Waals surface area contributed by atoms with Gasteiger partial charge in [-0.05, 0) is 32.9 Å². The molecule has 21 heavy (non-hydrogen) atoms. The normalized spacial score (nSPS) is 12.0. The number of benzene rings is 1. The Morgan fingerprint density at radius 1 is 1.19 bits per heavy atom. The SMILES string of the molecule is CC(C)(C)n1nc(-c2cccc(O)c2)c2c(N)ncnc21. The summed E-state index contributed by atoms with van der Waals surface area (Å²) < 4.78 is 1.83. The van der Waals surface area contributed by atoms with E-state index >= 15 is 0 Å². The average molecular weight is 283 g/mol. The number of phenols is 1. The lowest BCUT2D eigenvalue weighted by Gasteiger charge is -2.19. The summed E-state index contributed by atoms with van der Waals surface area (Å²) in [7, 11) is 0. The number of rotatable bonds is 1. The van der Waals surface area contributed by atoms with Crippen molar-refractivity contribution >= 4 is 16.9 Å². The van der Waals surface area contributed by atoms with Crippen LogP contribution in [0.3, 0.4) is 0 Å². The Hall–Kier alpha value is -2.63. The van der Waals surface area contributed by atoms with Gasteiger partial charge in [0.1, 0.15) is 23.6 Å². The molecule has 0 atom stereocenters. The fraction of sp³-hybridized carbons (Fsp3) is 0.267. The summed E-state index contributed by atoms with van der Waals surface area (Å²) in [6.07, 6.45) is 1.44. The molecule has 3 N–H and O–H groups in total. The second-order valence-electron chi connectivity index (χ2n) is 5.94. The molecule has 0 fully saturated rings. The highest BCUT2D eigenvalue weighted by atomic mass is 16.3. The van der Waals surface area contributed by atoms with E-state index in [1.54, 1.807) is 18.2 Å². The molecular formula is C15H17N5O. The molecule has 0 saturated carbocycles. The van der Waals surface area contributed by atoms with Crippen LogP contribution in [0.2, 0.25) is 0 Å².